The number of benzene rings is 1. The number of aliphatic carboxylic acids is 1. The number of halogens is 1. The summed E-state index contributed by atoms with van der Waals surface area (Å²) in [6.45, 7) is 8.11. The molecule has 1 fully saturated rings. The van der Waals surface area contributed by atoms with Crippen molar-refractivity contribution in [2.24, 2.45) is 5.92 Å². The zero-order chi connectivity index (χ0) is 17.9. The van der Waals surface area contributed by atoms with Crippen LogP contribution in [-0.4, -0.2) is 41.6 Å². The van der Waals surface area contributed by atoms with E-state index in [9.17, 15) is 9.59 Å². The topological polar surface area (TPSA) is 66.8 Å². The molecule has 0 atom stereocenters. The van der Waals surface area contributed by atoms with Crippen molar-refractivity contribution >= 4 is 23.5 Å². The Morgan fingerprint density at radius 3 is 2.54 bits per heavy atom. The van der Waals surface area contributed by atoms with Crippen LogP contribution in [0.5, 0.6) is 5.75 Å². The molecule has 1 aliphatic heterocycles. The summed E-state index contributed by atoms with van der Waals surface area (Å²) in [7, 11) is 0. The van der Waals surface area contributed by atoms with Gasteiger partial charge in [-0.05, 0) is 23.6 Å². The van der Waals surface area contributed by atoms with Crippen LogP contribution in [0.15, 0.2) is 18.2 Å². The number of nitrogens with zero attached hydrogens (tertiary/aromatic N) is 1. The van der Waals surface area contributed by atoms with E-state index in [1.54, 1.807) is 4.90 Å². The van der Waals surface area contributed by atoms with Crippen molar-refractivity contribution in [3.05, 3.63) is 28.8 Å². The minimum Gasteiger partial charge on any atom is -0.493 e. The molecule has 1 heterocycles. The van der Waals surface area contributed by atoms with E-state index in [2.05, 4.69) is 20.8 Å². The zero-order valence-electron chi connectivity index (χ0n) is 14.3. The maximum atomic E-state index is 11.8. The maximum absolute atomic E-state index is 11.8. The average Bonchev–Trinajstić information content (AvgIpc) is 2.43. The number of amides is 1. The summed E-state index contributed by atoms with van der Waals surface area (Å²) < 4.78 is 5.96. The number of carbonyl (C=O) groups is 2. The van der Waals surface area contributed by atoms with Crippen molar-refractivity contribution in [2.45, 2.75) is 39.0 Å². The highest BCUT2D eigenvalue weighted by molar-refractivity contribution is 6.30. The van der Waals surface area contributed by atoms with Crippen molar-refractivity contribution in [3.8, 4) is 5.75 Å². The molecule has 1 saturated heterocycles. The van der Waals surface area contributed by atoms with Gasteiger partial charge in [0, 0.05) is 36.0 Å². The number of hydrogen-bond acceptors (Lipinski definition) is 3. The Hall–Kier alpha value is -1.75. The predicted octanol–water partition coefficient (Wildman–Crippen LogP) is 3.34. The molecule has 132 valence electrons. The number of likely N-dealkylation sites (tertiary alicyclic amines) is 1. The van der Waals surface area contributed by atoms with Crippen LogP contribution in [0, 0.1) is 5.92 Å². The molecule has 1 aromatic carbocycles. The van der Waals surface area contributed by atoms with Gasteiger partial charge < -0.3 is 14.7 Å². The van der Waals surface area contributed by atoms with E-state index in [0.29, 0.717) is 24.7 Å². The fourth-order valence-corrected chi connectivity index (χ4v) is 2.84. The van der Waals surface area contributed by atoms with E-state index >= 15 is 0 Å². The van der Waals surface area contributed by atoms with Gasteiger partial charge in [-0.1, -0.05) is 32.4 Å². The summed E-state index contributed by atoms with van der Waals surface area (Å²) in [4.78, 5) is 24.0. The first-order valence-corrected chi connectivity index (χ1v) is 8.47. The summed E-state index contributed by atoms with van der Waals surface area (Å²) in [6.07, 6.45) is -0.0511. The monoisotopic (exact) mass is 353 g/mol. The van der Waals surface area contributed by atoms with Gasteiger partial charge in [0.25, 0.3) is 0 Å². The van der Waals surface area contributed by atoms with Crippen LogP contribution in [0.3, 0.4) is 0 Å². The van der Waals surface area contributed by atoms with Gasteiger partial charge in [0.15, 0.2) is 0 Å². The predicted molar refractivity (Wildman–Crippen MR) is 92.6 cm³/mol. The number of carbonyl (C=O) groups excluding carboxylic acids is 1. The molecule has 1 amide bonds. The van der Waals surface area contributed by atoms with Gasteiger partial charge >= 0.3 is 5.97 Å². The van der Waals surface area contributed by atoms with Gasteiger partial charge in [-0.2, -0.15) is 0 Å². The molecule has 0 radical (unpaired) electrons. The molecule has 0 aromatic heterocycles. The minimum absolute atomic E-state index is 0.0638. The molecule has 0 saturated carbocycles. The molecule has 1 aliphatic rings. The number of carboxylic acid groups (broad SMARTS) is 1. The van der Waals surface area contributed by atoms with E-state index in [4.69, 9.17) is 21.4 Å². The summed E-state index contributed by atoms with van der Waals surface area (Å²) >= 11 is 6.09. The molecule has 0 unspecified atom stereocenters. The Morgan fingerprint density at radius 2 is 1.96 bits per heavy atom. The first kappa shape index (κ1) is 18.6. The number of carboxylic acids is 1. The third-order valence-electron chi connectivity index (χ3n) is 4.09. The molecule has 2 rings (SSSR count). The summed E-state index contributed by atoms with van der Waals surface area (Å²) in [5, 5.41) is 9.29. The van der Waals surface area contributed by atoms with Crippen molar-refractivity contribution in [3.63, 3.8) is 0 Å². The van der Waals surface area contributed by atoms with Gasteiger partial charge in [0.05, 0.1) is 13.0 Å². The Kier molecular flexibility index (Phi) is 5.75. The van der Waals surface area contributed by atoms with Crippen LogP contribution in [0.2, 0.25) is 5.02 Å². The Balaban J connectivity index is 1.84. The first-order valence-electron chi connectivity index (χ1n) is 8.09. The van der Waals surface area contributed by atoms with Gasteiger partial charge in [-0.3, -0.25) is 9.59 Å². The number of hydrogen-bond donors (Lipinski definition) is 1. The largest absolute Gasteiger partial charge is 0.493 e. The smallest absolute Gasteiger partial charge is 0.303 e. The molecule has 5 nitrogen and oxygen atoms in total. The van der Waals surface area contributed by atoms with Crippen LogP contribution in [0.1, 0.15) is 39.2 Å². The highest BCUT2D eigenvalue weighted by Gasteiger charge is 2.31. The van der Waals surface area contributed by atoms with Crippen molar-refractivity contribution < 1.29 is 19.4 Å². The fourth-order valence-electron chi connectivity index (χ4n) is 2.67. The van der Waals surface area contributed by atoms with Crippen LogP contribution < -0.4 is 4.74 Å². The molecule has 1 N–H and O–H groups in total. The van der Waals surface area contributed by atoms with Crippen LogP contribution >= 0.6 is 11.6 Å². The summed E-state index contributed by atoms with van der Waals surface area (Å²) in [5.74, 6) is 0.0570. The van der Waals surface area contributed by atoms with E-state index in [0.717, 1.165) is 11.3 Å². The quantitative estimate of drug-likeness (QED) is 0.851. The third kappa shape index (κ3) is 4.87. The second kappa shape index (κ2) is 7.43. The van der Waals surface area contributed by atoms with E-state index < -0.39 is 5.97 Å². The third-order valence-corrected chi connectivity index (χ3v) is 4.32. The second-order valence-corrected chi connectivity index (χ2v) is 7.70. The molecular weight excluding hydrogens is 330 g/mol. The van der Waals surface area contributed by atoms with Crippen molar-refractivity contribution in [1.29, 1.82) is 0 Å². The van der Waals surface area contributed by atoms with E-state index in [1.165, 1.54) is 0 Å². The number of ether oxygens (including phenoxy) is 1. The van der Waals surface area contributed by atoms with Crippen LogP contribution in [0.25, 0.3) is 0 Å². The maximum Gasteiger partial charge on any atom is 0.303 e. The Morgan fingerprint density at radius 1 is 1.29 bits per heavy atom. The van der Waals surface area contributed by atoms with Crippen molar-refractivity contribution in [1.82, 2.24) is 4.90 Å². The lowest BCUT2D eigenvalue weighted by atomic mass is 9.86. The molecule has 0 aliphatic carbocycles. The highest BCUT2D eigenvalue weighted by Crippen LogP contribution is 2.34. The standard InChI is InChI=1S/C18H24ClNO4/c1-18(2,3)14-8-13(19)4-5-15(14)24-11-12-9-20(10-12)16(21)6-7-17(22)23/h4-5,8,12H,6-7,9-11H2,1-3H3,(H,22,23). The normalized spacial score (nSPS) is 15.1. The Labute approximate surface area is 147 Å². The van der Waals surface area contributed by atoms with Crippen molar-refractivity contribution in [2.75, 3.05) is 19.7 Å². The summed E-state index contributed by atoms with van der Waals surface area (Å²) in [5.41, 5.74) is 0.988. The van der Waals surface area contributed by atoms with E-state index in [-0.39, 0.29) is 30.1 Å². The zero-order valence-corrected chi connectivity index (χ0v) is 15.1. The second-order valence-electron chi connectivity index (χ2n) is 7.26. The van der Waals surface area contributed by atoms with Gasteiger partial charge in [0.1, 0.15) is 5.75 Å². The van der Waals surface area contributed by atoms with Gasteiger partial charge in [-0.15, -0.1) is 0 Å². The fraction of sp³-hybridized carbons (Fsp3) is 0.556. The van der Waals surface area contributed by atoms with Gasteiger partial charge in [-0.25, -0.2) is 0 Å². The van der Waals surface area contributed by atoms with E-state index in [1.807, 2.05) is 18.2 Å². The van der Waals surface area contributed by atoms with Crippen LogP contribution in [0.4, 0.5) is 0 Å². The van der Waals surface area contributed by atoms with Crippen LogP contribution in [-0.2, 0) is 15.0 Å². The molecule has 0 spiro atoms. The molecule has 0 bridgehead atoms. The first-order chi connectivity index (χ1) is 11.2. The molecule has 6 heteroatoms. The molecule has 24 heavy (non-hydrogen) atoms. The lowest BCUT2D eigenvalue weighted by molar-refractivity contribution is -0.143. The minimum atomic E-state index is -0.943. The molecular formula is C18H24ClNO4. The lowest BCUT2D eigenvalue weighted by Gasteiger charge is -2.39. The highest BCUT2D eigenvalue weighted by atomic mass is 35.5. The number of rotatable bonds is 6. The average molecular weight is 354 g/mol. The lowest BCUT2D eigenvalue weighted by Crippen LogP contribution is -2.52. The Bertz CT molecular complexity index is 618. The SMILES string of the molecule is CC(C)(C)c1cc(Cl)ccc1OCC1CN(C(=O)CCC(=O)O)C1. The van der Waals surface area contributed by atoms with Gasteiger partial charge in [0.2, 0.25) is 5.91 Å². The molecule has 1 aromatic rings. The summed E-state index contributed by atoms with van der Waals surface area (Å²) in [6, 6.07) is 5.63.